The molecule has 0 radical (unpaired) electrons. The van der Waals surface area contributed by atoms with Gasteiger partial charge in [-0.1, -0.05) is 6.07 Å². The zero-order valence-corrected chi connectivity index (χ0v) is 11.5. The van der Waals surface area contributed by atoms with Crippen LogP contribution in [0.3, 0.4) is 0 Å². The van der Waals surface area contributed by atoms with Gasteiger partial charge in [0.15, 0.2) is 0 Å². The number of rotatable bonds is 3. The minimum Gasteiger partial charge on any atom is -0.478 e. The van der Waals surface area contributed by atoms with E-state index in [0.717, 1.165) is 6.07 Å². The van der Waals surface area contributed by atoms with Gasteiger partial charge < -0.3 is 10.4 Å². The molecule has 0 atom stereocenters. The molecule has 0 aliphatic carbocycles. The molecule has 20 heavy (non-hydrogen) atoms. The van der Waals surface area contributed by atoms with E-state index < -0.39 is 17.7 Å². The third kappa shape index (κ3) is 3.00. The van der Waals surface area contributed by atoms with Crippen molar-refractivity contribution in [3.8, 4) is 0 Å². The van der Waals surface area contributed by atoms with Gasteiger partial charge in [-0.3, -0.25) is 9.78 Å². The number of aromatic nitrogens is 1. The van der Waals surface area contributed by atoms with Gasteiger partial charge in [-0.05, 0) is 34.1 Å². The number of carboxylic acids is 1. The van der Waals surface area contributed by atoms with Crippen molar-refractivity contribution in [2.24, 2.45) is 0 Å². The lowest BCUT2D eigenvalue weighted by Gasteiger charge is -2.09. The Morgan fingerprint density at radius 1 is 1.30 bits per heavy atom. The van der Waals surface area contributed by atoms with Crippen LogP contribution < -0.4 is 5.32 Å². The Morgan fingerprint density at radius 3 is 2.70 bits per heavy atom. The second kappa shape index (κ2) is 5.79. The smallest absolute Gasteiger partial charge is 0.337 e. The lowest BCUT2D eigenvalue weighted by Crippen LogP contribution is -2.16. The van der Waals surface area contributed by atoms with Gasteiger partial charge in [-0.2, -0.15) is 0 Å². The first-order chi connectivity index (χ1) is 9.49. The molecule has 0 aliphatic heterocycles. The highest BCUT2D eigenvalue weighted by Gasteiger charge is 2.17. The second-order valence-corrected chi connectivity index (χ2v) is 4.73. The standard InChI is InChI=1S/C13H8BrFN2O3/c14-8-4-7(5-16-6-8)12(18)17-11-9(13(19)20)2-1-3-10(11)15/h1-6H,(H,17,18)(H,19,20). The predicted molar refractivity (Wildman–Crippen MR) is 73.2 cm³/mol. The van der Waals surface area contributed by atoms with E-state index >= 15 is 0 Å². The number of carbonyl (C=O) groups excluding carboxylic acids is 1. The van der Waals surface area contributed by atoms with E-state index in [1.54, 1.807) is 0 Å². The van der Waals surface area contributed by atoms with Crippen molar-refractivity contribution in [2.45, 2.75) is 0 Å². The molecule has 1 aromatic heterocycles. The number of pyridine rings is 1. The average Bonchev–Trinajstić information content (AvgIpc) is 2.40. The number of hydrogen-bond donors (Lipinski definition) is 2. The number of carbonyl (C=O) groups is 2. The molecular weight excluding hydrogens is 331 g/mol. The number of benzene rings is 1. The summed E-state index contributed by atoms with van der Waals surface area (Å²) in [6, 6.07) is 5.03. The largest absolute Gasteiger partial charge is 0.478 e. The molecule has 0 spiro atoms. The zero-order chi connectivity index (χ0) is 14.7. The van der Waals surface area contributed by atoms with Crippen molar-refractivity contribution in [3.05, 3.63) is 58.1 Å². The fourth-order valence-corrected chi connectivity index (χ4v) is 1.92. The SMILES string of the molecule is O=C(Nc1c(F)cccc1C(=O)O)c1cncc(Br)c1. The fraction of sp³-hybridized carbons (Fsp3) is 0. The van der Waals surface area contributed by atoms with E-state index in [2.05, 4.69) is 26.2 Å². The molecule has 0 saturated heterocycles. The molecule has 0 unspecified atom stereocenters. The molecule has 0 bridgehead atoms. The lowest BCUT2D eigenvalue weighted by atomic mass is 10.1. The van der Waals surface area contributed by atoms with Gasteiger partial charge in [0.2, 0.25) is 0 Å². The van der Waals surface area contributed by atoms with Gasteiger partial charge in [0.25, 0.3) is 5.91 Å². The third-order valence-corrected chi connectivity index (χ3v) is 2.88. The summed E-state index contributed by atoms with van der Waals surface area (Å²) in [5.41, 5.74) is -0.509. The van der Waals surface area contributed by atoms with Crippen LogP contribution in [0.25, 0.3) is 0 Å². The number of amides is 1. The molecule has 7 heteroatoms. The van der Waals surface area contributed by atoms with E-state index in [1.807, 2.05) is 0 Å². The van der Waals surface area contributed by atoms with Crippen molar-refractivity contribution in [3.63, 3.8) is 0 Å². The summed E-state index contributed by atoms with van der Waals surface area (Å²) < 4.78 is 14.2. The Hall–Kier alpha value is -2.28. The van der Waals surface area contributed by atoms with Crippen molar-refractivity contribution in [1.82, 2.24) is 4.98 Å². The van der Waals surface area contributed by atoms with Crippen LogP contribution >= 0.6 is 15.9 Å². The first-order valence-electron chi connectivity index (χ1n) is 5.42. The predicted octanol–water partition coefficient (Wildman–Crippen LogP) is 2.93. The highest BCUT2D eigenvalue weighted by molar-refractivity contribution is 9.10. The van der Waals surface area contributed by atoms with Crippen molar-refractivity contribution < 1.29 is 19.1 Å². The molecule has 2 rings (SSSR count). The number of halogens is 2. The Bertz CT molecular complexity index is 691. The molecule has 1 heterocycles. The van der Waals surface area contributed by atoms with Crippen LogP contribution in [0.5, 0.6) is 0 Å². The van der Waals surface area contributed by atoms with Gasteiger partial charge >= 0.3 is 5.97 Å². The molecule has 2 N–H and O–H groups in total. The molecule has 0 fully saturated rings. The Morgan fingerprint density at radius 2 is 2.05 bits per heavy atom. The number of hydrogen-bond acceptors (Lipinski definition) is 3. The Labute approximate surface area is 121 Å². The summed E-state index contributed by atoms with van der Waals surface area (Å²) in [6.07, 6.45) is 2.78. The fourth-order valence-electron chi connectivity index (χ4n) is 1.55. The van der Waals surface area contributed by atoms with Crippen LogP contribution in [0.4, 0.5) is 10.1 Å². The Balaban J connectivity index is 2.35. The Kier molecular flexibility index (Phi) is 4.09. The van der Waals surface area contributed by atoms with Gasteiger partial charge in [-0.15, -0.1) is 0 Å². The lowest BCUT2D eigenvalue weighted by molar-refractivity contribution is 0.0697. The van der Waals surface area contributed by atoms with E-state index in [1.165, 1.54) is 30.6 Å². The van der Waals surface area contributed by atoms with Gasteiger partial charge in [-0.25, -0.2) is 9.18 Å². The van der Waals surface area contributed by atoms with Crippen molar-refractivity contribution in [1.29, 1.82) is 0 Å². The minimum absolute atomic E-state index is 0.180. The van der Waals surface area contributed by atoms with Crippen LogP contribution in [0.2, 0.25) is 0 Å². The van der Waals surface area contributed by atoms with E-state index in [9.17, 15) is 14.0 Å². The molecule has 0 saturated carbocycles. The summed E-state index contributed by atoms with van der Waals surface area (Å²) in [4.78, 5) is 26.8. The maximum Gasteiger partial charge on any atom is 0.337 e. The molecule has 0 aliphatic rings. The normalized spacial score (nSPS) is 10.1. The first kappa shape index (κ1) is 14.1. The summed E-state index contributed by atoms with van der Waals surface area (Å²) in [5.74, 6) is -2.79. The maximum atomic E-state index is 13.7. The third-order valence-electron chi connectivity index (χ3n) is 2.45. The zero-order valence-electron chi connectivity index (χ0n) is 9.93. The summed E-state index contributed by atoms with van der Waals surface area (Å²) in [6.45, 7) is 0. The van der Waals surface area contributed by atoms with Gasteiger partial charge in [0.1, 0.15) is 5.82 Å². The molecule has 102 valence electrons. The molecular formula is C13H8BrFN2O3. The number of anilines is 1. The minimum atomic E-state index is -1.33. The number of nitrogens with zero attached hydrogens (tertiary/aromatic N) is 1. The number of para-hydroxylation sites is 1. The van der Waals surface area contributed by atoms with Crippen LogP contribution in [-0.2, 0) is 0 Å². The van der Waals surface area contributed by atoms with Gasteiger partial charge in [0.05, 0.1) is 16.8 Å². The summed E-state index contributed by atoms with van der Waals surface area (Å²) >= 11 is 3.16. The first-order valence-corrected chi connectivity index (χ1v) is 6.22. The highest BCUT2D eigenvalue weighted by atomic mass is 79.9. The molecule has 1 aromatic carbocycles. The molecule has 1 amide bonds. The second-order valence-electron chi connectivity index (χ2n) is 3.81. The van der Waals surface area contributed by atoms with E-state index in [4.69, 9.17) is 5.11 Å². The van der Waals surface area contributed by atoms with Crippen LogP contribution in [0, 0.1) is 5.82 Å². The topological polar surface area (TPSA) is 79.3 Å². The quantitative estimate of drug-likeness (QED) is 0.901. The van der Waals surface area contributed by atoms with Crippen molar-refractivity contribution in [2.75, 3.05) is 5.32 Å². The van der Waals surface area contributed by atoms with Crippen LogP contribution in [0.15, 0.2) is 41.1 Å². The van der Waals surface area contributed by atoms with Crippen LogP contribution in [0.1, 0.15) is 20.7 Å². The van der Waals surface area contributed by atoms with E-state index in [0.29, 0.717) is 4.47 Å². The highest BCUT2D eigenvalue weighted by Crippen LogP contribution is 2.21. The summed E-state index contributed by atoms with van der Waals surface area (Å²) in [5, 5.41) is 11.2. The summed E-state index contributed by atoms with van der Waals surface area (Å²) in [7, 11) is 0. The molecule has 5 nitrogen and oxygen atoms in total. The number of carboxylic acid groups (broad SMARTS) is 1. The average molecular weight is 339 g/mol. The monoisotopic (exact) mass is 338 g/mol. The number of aromatic carboxylic acids is 1. The molecule has 2 aromatic rings. The maximum absolute atomic E-state index is 13.7. The van der Waals surface area contributed by atoms with Crippen LogP contribution in [-0.4, -0.2) is 22.0 Å². The number of nitrogens with one attached hydrogen (secondary N) is 1. The van der Waals surface area contributed by atoms with Gasteiger partial charge in [0, 0.05) is 16.9 Å². The van der Waals surface area contributed by atoms with E-state index in [-0.39, 0.29) is 16.8 Å². The van der Waals surface area contributed by atoms with Crippen molar-refractivity contribution >= 4 is 33.5 Å².